The van der Waals surface area contributed by atoms with Gasteiger partial charge in [-0.25, -0.2) is 0 Å². The smallest absolute Gasteiger partial charge is 0.291 e. The van der Waals surface area contributed by atoms with Gasteiger partial charge in [-0.15, -0.1) is 11.3 Å². The minimum Gasteiger partial charge on any atom is -0.459 e. The molecule has 0 fully saturated rings. The molecule has 27 heavy (non-hydrogen) atoms. The third-order valence-electron chi connectivity index (χ3n) is 4.22. The zero-order valence-electron chi connectivity index (χ0n) is 14.5. The third-order valence-corrected chi connectivity index (χ3v) is 5.21. The number of carbonyl (C=O) groups excluding carboxylic acids is 2. The molecule has 0 bridgehead atoms. The highest BCUT2D eigenvalue weighted by molar-refractivity contribution is 7.18. The maximum absolute atomic E-state index is 12.8. The average Bonchev–Trinajstić information content (AvgIpc) is 3.38. The molecule has 2 aromatic carbocycles. The van der Waals surface area contributed by atoms with Crippen LogP contribution < -0.4 is 10.2 Å². The van der Waals surface area contributed by atoms with Crippen molar-refractivity contribution in [3.8, 4) is 0 Å². The van der Waals surface area contributed by atoms with Gasteiger partial charge in [0, 0.05) is 12.7 Å². The molecule has 0 saturated heterocycles. The van der Waals surface area contributed by atoms with Gasteiger partial charge in [-0.2, -0.15) is 0 Å². The number of nitrogens with one attached hydrogen (secondary N) is 1. The Kier molecular flexibility index (Phi) is 4.48. The molecule has 0 spiro atoms. The van der Waals surface area contributed by atoms with Crippen LogP contribution in [0.2, 0.25) is 0 Å². The van der Waals surface area contributed by atoms with Crippen molar-refractivity contribution in [1.29, 1.82) is 0 Å². The van der Waals surface area contributed by atoms with Crippen LogP contribution in [0.5, 0.6) is 0 Å². The highest BCUT2D eigenvalue weighted by Crippen LogP contribution is 2.27. The molecule has 0 radical (unpaired) electrons. The summed E-state index contributed by atoms with van der Waals surface area (Å²) in [5.41, 5.74) is 0.813. The average molecular weight is 376 g/mol. The molecular weight excluding hydrogens is 360 g/mol. The molecule has 1 N–H and O–H groups in total. The predicted molar refractivity (Wildman–Crippen MR) is 108 cm³/mol. The van der Waals surface area contributed by atoms with Crippen LogP contribution >= 0.6 is 11.3 Å². The number of furan rings is 1. The number of hydrogen-bond donors (Lipinski definition) is 1. The lowest BCUT2D eigenvalue weighted by Gasteiger charge is -2.17. The van der Waals surface area contributed by atoms with Crippen LogP contribution in [0.4, 0.5) is 10.7 Å². The first-order valence-electron chi connectivity index (χ1n) is 8.33. The van der Waals surface area contributed by atoms with E-state index in [4.69, 9.17) is 4.42 Å². The minimum absolute atomic E-state index is 0.131. The molecule has 2 amide bonds. The van der Waals surface area contributed by atoms with E-state index in [0.29, 0.717) is 9.88 Å². The zero-order valence-corrected chi connectivity index (χ0v) is 15.3. The van der Waals surface area contributed by atoms with Gasteiger partial charge in [0.1, 0.15) is 0 Å². The number of nitrogens with zero attached hydrogens (tertiary/aromatic N) is 1. The zero-order chi connectivity index (χ0) is 18.8. The monoisotopic (exact) mass is 376 g/mol. The Balaban J connectivity index is 1.51. The second-order valence-corrected chi connectivity index (χ2v) is 7.07. The van der Waals surface area contributed by atoms with Gasteiger partial charge in [0.05, 0.1) is 16.1 Å². The van der Waals surface area contributed by atoms with E-state index in [-0.39, 0.29) is 17.6 Å². The molecule has 0 aliphatic rings. The highest BCUT2D eigenvalue weighted by atomic mass is 32.1. The molecular formula is C21H16N2O3S. The summed E-state index contributed by atoms with van der Waals surface area (Å²) in [5, 5.41) is 5.53. The largest absolute Gasteiger partial charge is 0.459 e. The lowest BCUT2D eigenvalue weighted by atomic mass is 10.1. The van der Waals surface area contributed by atoms with Crippen LogP contribution in [0.1, 0.15) is 20.2 Å². The Bertz CT molecular complexity index is 1120. The normalized spacial score (nSPS) is 10.7. The van der Waals surface area contributed by atoms with Crippen molar-refractivity contribution in [3.05, 3.63) is 83.6 Å². The van der Waals surface area contributed by atoms with Gasteiger partial charge in [0.25, 0.3) is 11.8 Å². The lowest BCUT2D eigenvalue weighted by molar-refractivity contribution is 0.0989. The Hall–Kier alpha value is -3.38. The van der Waals surface area contributed by atoms with Crippen molar-refractivity contribution in [3.63, 3.8) is 0 Å². The van der Waals surface area contributed by atoms with Crippen LogP contribution in [0.25, 0.3) is 10.8 Å². The molecule has 6 heteroatoms. The van der Waals surface area contributed by atoms with E-state index < -0.39 is 0 Å². The third kappa shape index (κ3) is 3.47. The van der Waals surface area contributed by atoms with Crippen LogP contribution in [-0.4, -0.2) is 18.9 Å². The molecule has 0 saturated carbocycles. The molecule has 134 valence electrons. The number of fused-ring (bicyclic) bond motifs is 1. The Morgan fingerprint density at radius 3 is 2.56 bits per heavy atom. The Labute approximate surface area is 159 Å². The fourth-order valence-corrected chi connectivity index (χ4v) is 3.65. The molecule has 0 unspecified atom stereocenters. The van der Waals surface area contributed by atoms with E-state index in [9.17, 15) is 9.59 Å². The van der Waals surface area contributed by atoms with Crippen molar-refractivity contribution in [2.75, 3.05) is 17.3 Å². The predicted octanol–water partition coefficient (Wildman–Crippen LogP) is 5.02. The summed E-state index contributed by atoms with van der Waals surface area (Å²) in [4.78, 5) is 27.0. The summed E-state index contributed by atoms with van der Waals surface area (Å²) in [6, 6.07) is 20.6. The van der Waals surface area contributed by atoms with E-state index in [1.54, 1.807) is 36.2 Å². The van der Waals surface area contributed by atoms with Gasteiger partial charge in [0.15, 0.2) is 5.76 Å². The first kappa shape index (κ1) is 17.1. The summed E-state index contributed by atoms with van der Waals surface area (Å²) in [6.45, 7) is 0. The van der Waals surface area contributed by atoms with Gasteiger partial charge in [-0.05, 0) is 47.2 Å². The van der Waals surface area contributed by atoms with Gasteiger partial charge in [-0.3, -0.25) is 9.59 Å². The number of carbonyl (C=O) groups is 2. The van der Waals surface area contributed by atoms with E-state index >= 15 is 0 Å². The van der Waals surface area contributed by atoms with Crippen LogP contribution in [-0.2, 0) is 0 Å². The van der Waals surface area contributed by atoms with Crippen LogP contribution in [0, 0.1) is 0 Å². The van der Waals surface area contributed by atoms with Crippen molar-refractivity contribution in [1.82, 2.24) is 0 Å². The van der Waals surface area contributed by atoms with Crippen molar-refractivity contribution in [2.45, 2.75) is 0 Å². The second-order valence-electron chi connectivity index (χ2n) is 5.99. The molecule has 0 atom stereocenters. The quantitative estimate of drug-likeness (QED) is 0.544. The fraction of sp³-hybridized carbons (Fsp3) is 0.0476. The Morgan fingerprint density at radius 2 is 1.78 bits per heavy atom. The van der Waals surface area contributed by atoms with Gasteiger partial charge in [-0.1, -0.05) is 30.3 Å². The van der Waals surface area contributed by atoms with Gasteiger partial charge in [0.2, 0.25) is 0 Å². The highest BCUT2D eigenvalue weighted by Gasteiger charge is 2.17. The molecule has 2 heterocycles. The molecule has 5 nitrogen and oxygen atoms in total. The number of thiophene rings is 1. The number of benzene rings is 2. The Morgan fingerprint density at radius 1 is 0.963 bits per heavy atom. The number of anilines is 2. The summed E-state index contributed by atoms with van der Waals surface area (Å²) in [6.07, 6.45) is 1.44. The number of hydrogen-bond acceptors (Lipinski definition) is 4. The van der Waals surface area contributed by atoms with Crippen molar-refractivity contribution in [2.24, 2.45) is 0 Å². The van der Waals surface area contributed by atoms with E-state index in [2.05, 4.69) is 5.32 Å². The second kappa shape index (κ2) is 7.09. The van der Waals surface area contributed by atoms with Gasteiger partial charge >= 0.3 is 0 Å². The topological polar surface area (TPSA) is 62.6 Å². The maximum Gasteiger partial charge on any atom is 0.291 e. The molecule has 0 aliphatic heterocycles. The minimum atomic E-state index is -0.344. The molecule has 0 aliphatic carbocycles. The standard InChI is InChI=1S/C21H16N2O3S/c1-23(16-9-8-14-5-2-3-6-15(14)13-16)21(25)18-10-11-19(27-18)22-20(24)17-7-4-12-26-17/h2-13H,1H3,(H,22,24). The van der Waals surface area contributed by atoms with Gasteiger partial charge < -0.3 is 14.6 Å². The maximum atomic E-state index is 12.8. The molecule has 2 aromatic heterocycles. The summed E-state index contributed by atoms with van der Waals surface area (Å²) in [5.74, 6) is -0.248. The molecule has 4 aromatic rings. The molecule has 4 rings (SSSR count). The van der Waals surface area contributed by atoms with Crippen LogP contribution in [0.15, 0.2) is 77.4 Å². The fourth-order valence-electron chi connectivity index (χ4n) is 2.77. The van der Waals surface area contributed by atoms with Crippen LogP contribution in [0.3, 0.4) is 0 Å². The van der Waals surface area contributed by atoms with Crippen molar-refractivity contribution >= 4 is 44.6 Å². The lowest BCUT2D eigenvalue weighted by Crippen LogP contribution is -2.25. The summed E-state index contributed by atoms with van der Waals surface area (Å²) >= 11 is 1.23. The summed E-state index contributed by atoms with van der Waals surface area (Å²) < 4.78 is 5.07. The van der Waals surface area contributed by atoms with Crippen molar-refractivity contribution < 1.29 is 14.0 Å². The van der Waals surface area contributed by atoms with E-state index in [1.165, 1.54) is 17.6 Å². The van der Waals surface area contributed by atoms with E-state index in [1.807, 2.05) is 42.5 Å². The first-order valence-corrected chi connectivity index (χ1v) is 9.15. The first-order chi connectivity index (χ1) is 13.1. The SMILES string of the molecule is CN(C(=O)c1ccc(NC(=O)c2ccco2)s1)c1ccc2ccccc2c1. The number of rotatable bonds is 4. The summed E-state index contributed by atoms with van der Waals surface area (Å²) in [7, 11) is 1.74. The number of amides is 2. The van der Waals surface area contributed by atoms with E-state index in [0.717, 1.165) is 16.5 Å².